The Morgan fingerprint density at radius 2 is 0.687 bits per heavy atom. The van der Waals surface area contributed by atoms with E-state index in [1.54, 1.807) is 0 Å². The second-order valence-electron chi connectivity index (χ2n) is 20.7. The third-order valence-corrected chi connectivity index (χ3v) is 13.6. The van der Waals surface area contributed by atoms with Gasteiger partial charge in [-0.2, -0.15) is 0 Å². The molecule has 0 aromatic carbocycles. The number of aliphatic hydroxyl groups is 1. The summed E-state index contributed by atoms with van der Waals surface area (Å²) in [5.74, 6) is -0.0305. The van der Waals surface area contributed by atoms with E-state index in [4.69, 9.17) is 14.2 Å². The Morgan fingerprint density at radius 1 is 0.358 bits per heavy atom. The quantitative estimate of drug-likeness (QED) is 0.0365. The van der Waals surface area contributed by atoms with Gasteiger partial charge < -0.3 is 29.1 Å². The average Bonchev–Trinajstić information content (AvgIpc) is 3.30. The number of rotatable bonds is 51. The van der Waals surface area contributed by atoms with Crippen LogP contribution in [-0.4, -0.2) is 91.1 Å². The predicted octanol–water partition coefficient (Wildman–Crippen LogP) is 16.6. The van der Waals surface area contributed by atoms with Crippen molar-refractivity contribution in [3.05, 3.63) is 0 Å². The number of unbranched alkanes of at least 4 members (excludes halogenated alkanes) is 22. The number of esters is 2. The molecule has 0 saturated carbocycles. The van der Waals surface area contributed by atoms with Gasteiger partial charge in [0.2, 0.25) is 0 Å². The van der Waals surface area contributed by atoms with E-state index in [0.717, 1.165) is 173 Å². The Bertz CT molecular complexity index is 1010. The zero-order chi connectivity index (χ0) is 49.4. The van der Waals surface area contributed by atoms with Crippen LogP contribution in [0.5, 0.6) is 0 Å². The third-order valence-electron chi connectivity index (χ3n) is 13.6. The molecule has 1 unspecified atom stereocenters. The van der Waals surface area contributed by atoms with Gasteiger partial charge in [0.05, 0.1) is 6.10 Å². The Balaban J connectivity index is 5.05. The fourth-order valence-electron chi connectivity index (χ4n) is 9.25. The van der Waals surface area contributed by atoms with Crippen LogP contribution in [0.4, 0.5) is 4.79 Å². The van der Waals surface area contributed by atoms with E-state index >= 15 is 0 Å². The summed E-state index contributed by atoms with van der Waals surface area (Å²) in [5.41, 5.74) is 0. The second kappa shape index (κ2) is 49.1. The second-order valence-corrected chi connectivity index (χ2v) is 20.7. The molecule has 0 spiro atoms. The molecule has 1 atom stereocenters. The molecule has 1 amide bonds. The lowest BCUT2D eigenvalue weighted by molar-refractivity contribution is -0.151. The van der Waals surface area contributed by atoms with Crippen molar-refractivity contribution in [1.29, 1.82) is 0 Å². The van der Waals surface area contributed by atoms with E-state index in [0.29, 0.717) is 32.4 Å². The SMILES string of the molecule is CCCCCCC(CCCCCC)OC(=O)CCCCCCCCC(CCCCCCCCC(=O)OC(CCCCCC)CCCCCC)OC(=O)N(CCCC(O)CCC)CCCN(C)C. The van der Waals surface area contributed by atoms with E-state index < -0.39 is 0 Å². The minimum absolute atomic E-state index is 0.0152. The highest BCUT2D eigenvalue weighted by Gasteiger charge is 2.21. The molecule has 67 heavy (non-hydrogen) atoms. The van der Waals surface area contributed by atoms with Crippen LogP contribution in [0, 0.1) is 0 Å². The predicted molar refractivity (Wildman–Crippen MR) is 284 cm³/mol. The molecular formula is C58H114N2O7. The van der Waals surface area contributed by atoms with Crippen LogP contribution < -0.4 is 0 Å². The first-order valence-corrected chi connectivity index (χ1v) is 29.3. The Morgan fingerprint density at radius 3 is 1.04 bits per heavy atom. The lowest BCUT2D eigenvalue weighted by Crippen LogP contribution is -2.37. The minimum atomic E-state index is -0.315. The molecule has 9 heteroatoms. The van der Waals surface area contributed by atoms with Crippen molar-refractivity contribution in [2.75, 3.05) is 33.7 Å². The summed E-state index contributed by atoms with van der Waals surface area (Å²) in [4.78, 5) is 43.4. The number of ether oxygens (including phenoxy) is 3. The molecule has 0 radical (unpaired) electrons. The standard InChI is InChI=1S/C58H114N2O7/c1-8-13-17-29-41-53(42-30-18-14-9-2)65-56(62)47-35-27-23-21-25-33-45-55(67-58(64)60(51-38-49-59(6)7)50-37-40-52(61)39-12-5)46-34-26-22-24-28-36-48-57(63)66-54(43-31-19-15-10-3)44-32-20-16-11-4/h52-55,61H,8-51H2,1-7H3. The molecule has 0 heterocycles. The highest BCUT2D eigenvalue weighted by molar-refractivity contribution is 5.70. The summed E-state index contributed by atoms with van der Waals surface area (Å²) in [5, 5.41) is 10.4. The van der Waals surface area contributed by atoms with Crippen LogP contribution in [0.25, 0.3) is 0 Å². The Hall–Kier alpha value is -1.87. The Kier molecular flexibility index (Phi) is 47.8. The van der Waals surface area contributed by atoms with Crippen molar-refractivity contribution in [3.8, 4) is 0 Å². The molecule has 0 bridgehead atoms. The van der Waals surface area contributed by atoms with Gasteiger partial charge in [-0.3, -0.25) is 9.59 Å². The number of carbonyl (C=O) groups is 3. The maximum atomic E-state index is 13.8. The van der Waals surface area contributed by atoms with Crippen LogP contribution in [0.1, 0.15) is 298 Å². The van der Waals surface area contributed by atoms with Crippen LogP contribution in [0.3, 0.4) is 0 Å². The minimum Gasteiger partial charge on any atom is -0.462 e. The molecule has 0 aliphatic heterocycles. The molecule has 0 aliphatic rings. The van der Waals surface area contributed by atoms with Crippen molar-refractivity contribution >= 4 is 18.0 Å². The summed E-state index contributed by atoms with van der Waals surface area (Å²) in [6, 6.07) is 0. The van der Waals surface area contributed by atoms with Crippen molar-refractivity contribution < 1.29 is 33.7 Å². The molecular weight excluding hydrogens is 837 g/mol. The van der Waals surface area contributed by atoms with Gasteiger partial charge in [-0.15, -0.1) is 0 Å². The number of aliphatic hydroxyl groups excluding tert-OH is 1. The van der Waals surface area contributed by atoms with E-state index in [2.05, 4.69) is 53.6 Å². The number of carbonyl (C=O) groups excluding carboxylic acids is 3. The molecule has 0 fully saturated rings. The lowest BCUT2D eigenvalue weighted by Gasteiger charge is -2.27. The van der Waals surface area contributed by atoms with Gasteiger partial charge in [-0.1, -0.05) is 169 Å². The van der Waals surface area contributed by atoms with Crippen LogP contribution in [0.15, 0.2) is 0 Å². The monoisotopic (exact) mass is 951 g/mol. The molecule has 0 rings (SSSR count). The smallest absolute Gasteiger partial charge is 0.410 e. The average molecular weight is 952 g/mol. The molecule has 398 valence electrons. The zero-order valence-electron chi connectivity index (χ0n) is 45.7. The molecule has 0 aromatic heterocycles. The Labute approximate surface area is 416 Å². The van der Waals surface area contributed by atoms with E-state index in [1.807, 2.05) is 4.90 Å². The molecule has 1 N–H and O–H groups in total. The topological polar surface area (TPSA) is 106 Å². The van der Waals surface area contributed by atoms with Gasteiger partial charge >= 0.3 is 18.0 Å². The first kappa shape index (κ1) is 65.1. The van der Waals surface area contributed by atoms with E-state index in [9.17, 15) is 19.5 Å². The molecule has 0 saturated heterocycles. The number of hydrogen-bond acceptors (Lipinski definition) is 8. The van der Waals surface area contributed by atoms with Gasteiger partial charge in [0, 0.05) is 25.9 Å². The highest BCUT2D eigenvalue weighted by Crippen LogP contribution is 2.22. The van der Waals surface area contributed by atoms with Crippen LogP contribution >= 0.6 is 0 Å². The largest absolute Gasteiger partial charge is 0.462 e. The summed E-state index contributed by atoms with van der Waals surface area (Å²) < 4.78 is 18.3. The van der Waals surface area contributed by atoms with Crippen LogP contribution in [0.2, 0.25) is 0 Å². The summed E-state index contributed by atoms with van der Waals surface area (Å²) in [6.45, 7) is 13.2. The third kappa shape index (κ3) is 43.9. The van der Waals surface area contributed by atoms with Crippen molar-refractivity contribution in [3.63, 3.8) is 0 Å². The van der Waals surface area contributed by atoms with E-state index in [-0.39, 0.29) is 42.4 Å². The maximum absolute atomic E-state index is 13.8. The summed E-state index contributed by atoms with van der Waals surface area (Å²) in [6.07, 6.45) is 42.4. The first-order valence-electron chi connectivity index (χ1n) is 29.3. The molecule has 0 aromatic rings. The maximum Gasteiger partial charge on any atom is 0.410 e. The number of amides is 1. The van der Waals surface area contributed by atoms with Gasteiger partial charge in [-0.25, -0.2) is 4.79 Å². The normalized spacial score (nSPS) is 12.2. The summed E-state index contributed by atoms with van der Waals surface area (Å²) in [7, 11) is 4.12. The van der Waals surface area contributed by atoms with Crippen molar-refractivity contribution in [1.82, 2.24) is 9.80 Å². The van der Waals surface area contributed by atoms with Crippen molar-refractivity contribution in [2.24, 2.45) is 0 Å². The summed E-state index contributed by atoms with van der Waals surface area (Å²) >= 11 is 0. The van der Waals surface area contributed by atoms with E-state index in [1.165, 1.54) is 77.0 Å². The first-order chi connectivity index (χ1) is 32.6. The van der Waals surface area contributed by atoms with Crippen molar-refractivity contribution in [2.45, 2.75) is 322 Å². The number of hydrogen-bond donors (Lipinski definition) is 1. The lowest BCUT2D eigenvalue weighted by atomic mass is 10.0. The van der Waals surface area contributed by atoms with Gasteiger partial charge in [0.25, 0.3) is 0 Å². The van der Waals surface area contributed by atoms with Gasteiger partial charge in [0.1, 0.15) is 18.3 Å². The fourth-order valence-corrected chi connectivity index (χ4v) is 9.25. The van der Waals surface area contributed by atoms with Gasteiger partial charge in [0.15, 0.2) is 0 Å². The molecule has 0 aliphatic carbocycles. The number of nitrogens with zero attached hydrogens (tertiary/aromatic N) is 2. The zero-order valence-corrected chi connectivity index (χ0v) is 45.7. The van der Waals surface area contributed by atoms with Crippen LogP contribution in [-0.2, 0) is 23.8 Å². The highest BCUT2D eigenvalue weighted by atomic mass is 16.6. The van der Waals surface area contributed by atoms with Gasteiger partial charge in [-0.05, 0) is 136 Å². The molecule has 9 nitrogen and oxygen atoms in total. The fraction of sp³-hybridized carbons (Fsp3) is 0.948.